The smallest absolute Gasteiger partial charge is 0.354 e. The highest BCUT2D eigenvalue weighted by molar-refractivity contribution is 5.85. The van der Waals surface area contributed by atoms with Gasteiger partial charge in [-0.2, -0.15) is 0 Å². The fraction of sp³-hybridized carbons (Fsp3) is 0.214. The Hall–Kier alpha value is -2.43. The van der Waals surface area contributed by atoms with Crippen molar-refractivity contribution < 1.29 is 9.90 Å². The summed E-state index contributed by atoms with van der Waals surface area (Å²) in [5, 5.41) is 12.0. The van der Waals surface area contributed by atoms with Crippen LogP contribution in [-0.4, -0.2) is 27.6 Å². The number of hydrogen-bond donors (Lipinski definition) is 2. The number of rotatable bonds is 5. The predicted octanol–water partition coefficient (Wildman–Crippen LogP) is 2.14. The van der Waals surface area contributed by atoms with Crippen LogP contribution in [-0.2, 0) is 6.42 Å². The van der Waals surface area contributed by atoms with E-state index in [0.29, 0.717) is 18.2 Å². The molecule has 19 heavy (non-hydrogen) atoms. The molecule has 0 saturated heterocycles. The summed E-state index contributed by atoms with van der Waals surface area (Å²) < 4.78 is 0. The number of aromatic nitrogens is 2. The fourth-order valence-electron chi connectivity index (χ4n) is 1.72. The normalized spacial score (nSPS) is 10.2. The highest BCUT2D eigenvalue weighted by Crippen LogP contribution is 2.06. The third-order valence-electron chi connectivity index (χ3n) is 2.61. The van der Waals surface area contributed by atoms with Crippen molar-refractivity contribution in [2.24, 2.45) is 0 Å². The van der Waals surface area contributed by atoms with Crippen molar-refractivity contribution in [3.8, 4) is 0 Å². The molecule has 0 radical (unpaired) electrons. The van der Waals surface area contributed by atoms with Crippen LogP contribution < -0.4 is 5.32 Å². The molecule has 2 aromatic rings. The van der Waals surface area contributed by atoms with Gasteiger partial charge in [0.1, 0.15) is 0 Å². The molecule has 2 rings (SSSR count). The van der Waals surface area contributed by atoms with Gasteiger partial charge in [0.05, 0.1) is 0 Å². The zero-order valence-corrected chi connectivity index (χ0v) is 10.6. The average Bonchev–Trinajstić information content (AvgIpc) is 2.39. The van der Waals surface area contributed by atoms with Crippen molar-refractivity contribution in [1.82, 2.24) is 9.97 Å². The predicted molar refractivity (Wildman–Crippen MR) is 72.4 cm³/mol. The molecule has 0 unspecified atom stereocenters. The number of nitrogens with zero attached hydrogens (tertiary/aromatic N) is 2. The number of anilines is 1. The second kappa shape index (κ2) is 5.95. The number of aromatic carboxylic acids is 1. The molecule has 2 N–H and O–H groups in total. The van der Waals surface area contributed by atoms with Crippen LogP contribution in [0, 0.1) is 6.92 Å². The van der Waals surface area contributed by atoms with Gasteiger partial charge >= 0.3 is 5.97 Å². The second-order valence-electron chi connectivity index (χ2n) is 4.19. The first-order valence-corrected chi connectivity index (χ1v) is 6.02. The van der Waals surface area contributed by atoms with Crippen molar-refractivity contribution in [3.63, 3.8) is 0 Å². The molecule has 98 valence electrons. The van der Waals surface area contributed by atoms with Crippen LogP contribution in [0.2, 0.25) is 0 Å². The molecule has 0 aliphatic carbocycles. The Balaban J connectivity index is 1.98. The van der Waals surface area contributed by atoms with E-state index >= 15 is 0 Å². The lowest BCUT2D eigenvalue weighted by Gasteiger charge is -2.06. The highest BCUT2D eigenvalue weighted by Gasteiger charge is 2.08. The van der Waals surface area contributed by atoms with Gasteiger partial charge in [-0.1, -0.05) is 30.3 Å². The Labute approximate surface area is 111 Å². The van der Waals surface area contributed by atoms with Gasteiger partial charge in [-0.3, -0.25) is 0 Å². The van der Waals surface area contributed by atoms with E-state index in [1.807, 2.05) is 30.3 Å². The Kier molecular flexibility index (Phi) is 4.07. The zero-order valence-electron chi connectivity index (χ0n) is 10.6. The third-order valence-corrected chi connectivity index (χ3v) is 2.61. The van der Waals surface area contributed by atoms with E-state index in [0.717, 1.165) is 6.42 Å². The summed E-state index contributed by atoms with van der Waals surface area (Å²) in [6.07, 6.45) is 0.834. The first-order valence-electron chi connectivity index (χ1n) is 6.02. The third kappa shape index (κ3) is 3.77. The lowest BCUT2D eigenvalue weighted by atomic mass is 10.1. The highest BCUT2D eigenvalue weighted by atomic mass is 16.4. The van der Waals surface area contributed by atoms with Crippen LogP contribution in [0.3, 0.4) is 0 Å². The molecule has 0 fully saturated rings. The number of carboxylic acid groups (broad SMARTS) is 1. The maximum absolute atomic E-state index is 10.9. The van der Waals surface area contributed by atoms with Crippen molar-refractivity contribution in [2.45, 2.75) is 13.3 Å². The first-order chi connectivity index (χ1) is 9.15. The van der Waals surface area contributed by atoms with Crippen LogP contribution in [0.25, 0.3) is 0 Å². The Morgan fingerprint density at radius 3 is 2.68 bits per heavy atom. The molecule has 0 aliphatic rings. The molecule has 1 aromatic heterocycles. The summed E-state index contributed by atoms with van der Waals surface area (Å²) in [5.74, 6) is -0.690. The van der Waals surface area contributed by atoms with E-state index in [1.165, 1.54) is 11.6 Å². The summed E-state index contributed by atoms with van der Waals surface area (Å²) in [6, 6.07) is 11.5. The van der Waals surface area contributed by atoms with E-state index in [-0.39, 0.29) is 5.69 Å². The molecule has 5 heteroatoms. The Morgan fingerprint density at radius 2 is 2.00 bits per heavy atom. The van der Waals surface area contributed by atoms with Gasteiger partial charge in [-0.05, 0) is 25.0 Å². The van der Waals surface area contributed by atoms with E-state index in [2.05, 4.69) is 15.3 Å². The van der Waals surface area contributed by atoms with E-state index in [9.17, 15) is 4.79 Å². The molecule has 0 aliphatic heterocycles. The molecule has 5 nitrogen and oxygen atoms in total. The van der Waals surface area contributed by atoms with Gasteiger partial charge in [0.2, 0.25) is 5.95 Å². The van der Waals surface area contributed by atoms with Gasteiger partial charge in [0, 0.05) is 12.2 Å². The number of aryl methyl sites for hydroxylation is 1. The van der Waals surface area contributed by atoms with Gasteiger partial charge in [-0.15, -0.1) is 0 Å². The number of benzene rings is 1. The lowest BCUT2D eigenvalue weighted by Crippen LogP contribution is -2.11. The van der Waals surface area contributed by atoms with E-state index < -0.39 is 5.97 Å². The van der Waals surface area contributed by atoms with Crippen LogP contribution in [0.4, 0.5) is 5.95 Å². The molecule has 0 spiro atoms. The minimum absolute atomic E-state index is 0.00899. The molecule has 0 atom stereocenters. The fourth-order valence-corrected chi connectivity index (χ4v) is 1.72. The maximum atomic E-state index is 10.9. The standard InChI is InChI=1S/C14H15N3O2/c1-10-9-12(13(18)19)17-14(16-10)15-8-7-11-5-3-2-4-6-11/h2-6,9H,7-8H2,1H3,(H,18,19)(H,15,16,17). The number of nitrogens with one attached hydrogen (secondary N) is 1. The first kappa shape index (κ1) is 13.0. The Morgan fingerprint density at radius 1 is 1.26 bits per heavy atom. The van der Waals surface area contributed by atoms with Gasteiger partial charge in [-0.25, -0.2) is 14.8 Å². The maximum Gasteiger partial charge on any atom is 0.354 e. The van der Waals surface area contributed by atoms with E-state index in [4.69, 9.17) is 5.11 Å². The van der Waals surface area contributed by atoms with Crippen molar-refractivity contribution in [2.75, 3.05) is 11.9 Å². The van der Waals surface area contributed by atoms with E-state index in [1.54, 1.807) is 6.92 Å². The molecular weight excluding hydrogens is 242 g/mol. The topological polar surface area (TPSA) is 75.1 Å². The Bertz CT molecular complexity index is 570. The van der Waals surface area contributed by atoms with Crippen molar-refractivity contribution in [3.05, 3.63) is 53.3 Å². The van der Waals surface area contributed by atoms with Crippen molar-refractivity contribution >= 4 is 11.9 Å². The van der Waals surface area contributed by atoms with Crippen LogP contribution in [0.5, 0.6) is 0 Å². The molecule has 0 bridgehead atoms. The summed E-state index contributed by atoms with van der Waals surface area (Å²) in [5.41, 5.74) is 1.85. The van der Waals surface area contributed by atoms with Crippen LogP contribution in [0.15, 0.2) is 36.4 Å². The SMILES string of the molecule is Cc1cc(C(=O)O)nc(NCCc2ccccc2)n1. The molecule has 0 amide bonds. The summed E-state index contributed by atoms with van der Waals surface area (Å²) in [6.45, 7) is 2.41. The lowest BCUT2D eigenvalue weighted by molar-refractivity contribution is 0.0690. The van der Waals surface area contributed by atoms with Gasteiger partial charge in [0.15, 0.2) is 5.69 Å². The quantitative estimate of drug-likeness (QED) is 0.858. The van der Waals surface area contributed by atoms with Gasteiger partial charge in [0.25, 0.3) is 0 Å². The van der Waals surface area contributed by atoms with Crippen LogP contribution in [0.1, 0.15) is 21.7 Å². The minimum Gasteiger partial charge on any atom is -0.477 e. The second-order valence-corrected chi connectivity index (χ2v) is 4.19. The number of carbonyl (C=O) groups is 1. The van der Waals surface area contributed by atoms with Gasteiger partial charge < -0.3 is 10.4 Å². The summed E-state index contributed by atoms with van der Waals surface area (Å²) >= 11 is 0. The molecule has 0 saturated carbocycles. The molecular formula is C14H15N3O2. The average molecular weight is 257 g/mol. The zero-order chi connectivity index (χ0) is 13.7. The van der Waals surface area contributed by atoms with Crippen LogP contribution >= 0.6 is 0 Å². The monoisotopic (exact) mass is 257 g/mol. The largest absolute Gasteiger partial charge is 0.477 e. The summed E-state index contributed by atoms with van der Waals surface area (Å²) in [4.78, 5) is 19.0. The minimum atomic E-state index is -1.04. The molecule has 1 aromatic carbocycles. The number of hydrogen-bond acceptors (Lipinski definition) is 4. The molecule has 1 heterocycles. The summed E-state index contributed by atoms with van der Waals surface area (Å²) in [7, 11) is 0. The number of carboxylic acids is 1. The van der Waals surface area contributed by atoms with Crippen molar-refractivity contribution in [1.29, 1.82) is 0 Å².